The molecule has 0 aromatic carbocycles. The van der Waals surface area contributed by atoms with Crippen LogP contribution in [-0.4, -0.2) is 30.1 Å². The zero-order chi connectivity index (χ0) is 13.7. The Bertz CT molecular complexity index is 515. The van der Waals surface area contributed by atoms with Gasteiger partial charge in [0, 0.05) is 25.0 Å². The van der Waals surface area contributed by atoms with Crippen LogP contribution >= 0.6 is 27.3 Å². The van der Waals surface area contributed by atoms with Gasteiger partial charge in [-0.1, -0.05) is 6.07 Å². The van der Waals surface area contributed by atoms with E-state index in [1.807, 2.05) is 0 Å². The zero-order valence-electron chi connectivity index (χ0n) is 11.1. The second-order valence-corrected chi connectivity index (χ2v) is 5.97. The van der Waals surface area contributed by atoms with E-state index in [9.17, 15) is 0 Å². The summed E-state index contributed by atoms with van der Waals surface area (Å²) in [6.07, 6.45) is 2.63. The molecule has 2 heterocycles. The topological polar surface area (TPSA) is 41.1 Å². The van der Waals surface area contributed by atoms with Crippen molar-refractivity contribution in [2.24, 2.45) is 0 Å². The monoisotopic (exact) mass is 340 g/mol. The third-order valence-corrected chi connectivity index (χ3v) is 4.42. The number of rotatable bonds is 6. The predicted octanol–water partition coefficient (Wildman–Crippen LogP) is 3.41. The van der Waals surface area contributed by atoms with Gasteiger partial charge in [0.15, 0.2) is 0 Å². The Morgan fingerprint density at radius 1 is 1.42 bits per heavy atom. The van der Waals surface area contributed by atoms with Crippen LogP contribution in [0.15, 0.2) is 28.3 Å². The van der Waals surface area contributed by atoms with Crippen molar-refractivity contribution in [3.63, 3.8) is 0 Å². The van der Waals surface area contributed by atoms with Crippen molar-refractivity contribution in [2.75, 3.05) is 30.4 Å². The maximum atomic E-state index is 4.35. The Labute approximate surface area is 126 Å². The van der Waals surface area contributed by atoms with Crippen molar-refractivity contribution < 1.29 is 0 Å². The molecule has 0 atom stereocenters. The maximum absolute atomic E-state index is 4.35. The van der Waals surface area contributed by atoms with E-state index in [1.54, 1.807) is 17.7 Å². The molecule has 0 radical (unpaired) electrons. The van der Waals surface area contributed by atoms with Gasteiger partial charge in [0.05, 0.1) is 0 Å². The summed E-state index contributed by atoms with van der Waals surface area (Å²) in [5.74, 6) is 1.76. The molecule has 102 valence electrons. The molecule has 0 aliphatic heterocycles. The van der Waals surface area contributed by atoms with E-state index in [2.05, 4.69) is 67.6 Å². The average molecular weight is 341 g/mol. The highest BCUT2D eigenvalue weighted by Crippen LogP contribution is 2.28. The Balaban J connectivity index is 2.06. The molecule has 2 aromatic rings. The fourth-order valence-electron chi connectivity index (χ4n) is 1.76. The lowest BCUT2D eigenvalue weighted by Crippen LogP contribution is -2.22. The van der Waals surface area contributed by atoms with Crippen LogP contribution in [0.5, 0.6) is 0 Å². The van der Waals surface area contributed by atoms with Crippen LogP contribution in [0.1, 0.15) is 11.8 Å². The summed E-state index contributed by atoms with van der Waals surface area (Å²) in [6.45, 7) is 3.82. The van der Waals surface area contributed by atoms with E-state index in [0.29, 0.717) is 0 Å². The first-order valence-electron chi connectivity index (χ1n) is 6.20. The predicted molar refractivity (Wildman–Crippen MR) is 85.2 cm³/mol. The number of aromatic nitrogens is 2. The highest BCUT2D eigenvalue weighted by molar-refractivity contribution is 9.10. The van der Waals surface area contributed by atoms with E-state index < -0.39 is 0 Å². The number of halogens is 1. The van der Waals surface area contributed by atoms with Crippen molar-refractivity contribution in [1.82, 2.24) is 9.97 Å². The Hall–Kier alpha value is -1.14. The van der Waals surface area contributed by atoms with Gasteiger partial charge in [0.2, 0.25) is 0 Å². The second-order valence-electron chi connectivity index (χ2n) is 4.14. The van der Waals surface area contributed by atoms with Crippen LogP contribution in [0.4, 0.5) is 11.6 Å². The number of nitrogens with one attached hydrogen (secondary N) is 1. The molecule has 0 amide bonds. The van der Waals surface area contributed by atoms with Crippen LogP contribution in [0.2, 0.25) is 0 Å². The molecule has 0 spiro atoms. The van der Waals surface area contributed by atoms with Crippen LogP contribution in [-0.2, 0) is 6.42 Å². The lowest BCUT2D eigenvalue weighted by Gasteiger charge is -2.20. The molecule has 4 nitrogen and oxygen atoms in total. The van der Waals surface area contributed by atoms with Crippen LogP contribution in [0.3, 0.4) is 0 Å². The largest absolute Gasteiger partial charge is 0.369 e. The van der Waals surface area contributed by atoms with E-state index >= 15 is 0 Å². The Kier molecular flexibility index (Phi) is 5.15. The van der Waals surface area contributed by atoms with Gasteiger partial charge in [-0.05, 0) is 40.7 Å². The van der Waals surface area contributed by atoms with Crippen LogP contribution in [0, 0.1) is 0 Å². The van der Waals surface area contributed by atoms with Gasteiger partial charge in [-0.3, -0.25) is 0 Å². The second kappa shape index (κ2) is 6.86. The first-order valence-corrected chi connectivity index (χ1v) is 7.87. The molecule has 6 heteroatoms. The van der Waals surface area contributed by atoms with Gasteiger partial charge in [0.1, 0.15) is 22.4 Å². The van der Waals surface area contributed by atoms with Crippen LogP contribution < -0.4 is 10.2 Å². The molecule has 0 saturated heterocycles. The summed E-state index contributed by atoms with van der Waals surface area (Å²) in [7, 11) is 2.05. The van der Waals surface area contributed by atoms with E-state index in [0.717, 1.165) is 35.6 Å². The molecule has 1 N–H and O–H groups in total. The molecule has 2 aromatic heterocycles. The average Bonchev–Trinajstić information content (AvgIpc) is 2.92. The van der Waals surface area contributed by atoms with Gasteiger partial charge in [-0.25, -0.2) is 9.97 Å². The summed E-state index contributed by atoms with van der Waals surface area (Å²) in [4.78, 5) is 12.1. The first-order chi connectivity index (χ1) is 9.22. The number of nitrogens with zero attached hydrogens (tertiary/aromatic N) is 3. The normalized spacial score (nSPS) is 10.5. The minimum atomic E-state index is 0.841. The minimum absolute atomic E-state index is 0.841. The van der Waals surface area contributed by atoms with Crippen molar-refractivity contribution in [2.45, 2.75) is 13.3 Å². The summed E-state index contributed by atoms with van der Waals surface area (Å²) in [5.41, 5.74) is 0. The fourth-order valence-corrected chi connectivity index (χ4v) is 3.10. The van der Waals surface area contributed by atoms with Crippen molar-refractivity contribution in [3.8, 4) is 0 Å². The summed E-state index contributed by atoms with van der Waals surface area (Å²) in [5, 5.41) is 5.33. The molecule has 19 heavy (non-hydrogen) atoms. The molecular formula is C13H17BrN4S. The third-order valence-electron chi connectivity index (χ3n) is 2.75. The molecule has 0 unspecified atom stereocenters. The highest BCUT2D eigenvalue weighted by Gasteiger charge is 2.12. The zero-order valence-corrected chi connectivity index (χ0v) is 13.5. The van der Waals surface area contributed by atoms with E-state index in [-0.39, 0.29) is 0 Å². The SMILES string of the molecule is CCNc1ncnc(N(C)CCc2cccs2)c1Br. The molecular weight excluding hydrogens is 324 g/mol. The lowest BCUT2D eigenvalue weighted by molar-refractivity contribution is 0.860. The third kappa shape index (κ3) is 3.67. The van der Waals surface area contributed by atoms with Crippen molar-refractivity contribution >= 4 is 38.9 Å². The van der Waals surface area contributed by atoms with Gasteiger partial charge < -0.3 is 10.2 Å². The maximum Gasteiger partial charge on any atom is 0.148 e. The molecule has 0 bridgehead atoms. The standard InChI is InChI=1S/C13H17BrN4S/c1-3-15-12-11(14)13(17-9-16-12)18(2)7-6-10-5-4-8-19-10/h4-5,8-9H,3,6-7H2,1-2H3,(H,15,16,17). The highest BCUT2D eigenvalue weighted by atomic mass is 79.9. The quantitative estimate of drug-likeness (QED) is 0.874. The fraction of sp³-hybridized carbons (Fsp3) is 0.385. The number of hydrogen-bond acceptors (Lipinski definition) is 5. The lowest BCUT2D eigenvalue weighted by atomic mass is 10.3. The van der Waals surface area contributed by atoms with Gasteiger partial charge in [-0.2, -0.15) is 0 Å². The van der Waals surface area contributed by atoms with Gasteiger partial charge >= 0.3 is 0 Å². The molecule has 2 rings (SSSR count). The first kappa shape index (κ1) is 14.3. The number of likely N-dealkylation sites (N-methyl/N-ethyl adjacent to an activating group) is 1. The molecule has 0 saturated carbocycles. The molecule has 0 aliphatic carbocycles. The Morgan fingerprint density at radius 2 is 2.26 bits per heavy atom. The van der Waals surface area contributed by atoms with E-state index in [4.69, 9.17) is 0 Å². The van der Waals surface area contributed by atoms with Gasteiger partial charge in [-0.15, -0.1) is 11.3 Å². The molecule has 0 aliphatic rings. The van der Waals surface area contributed by atoms with Crippen molar-refractivity contribution in [1.29, 1.82) is 0 Å². The van der Waals surface area contributed by atoms with Gasteiger partial charge in [0.25, 0.3) is 0 Å². The minimum Gasteiger partial charge on any atom is -0.369 e. The number of hydrogen-bond donors (Lipinski definition) is 1. The molecule has 0 fully saturated rings. The summed E-state index contributed by atoms with van der Waals surface area (Å²) >= 11 is 5.37. The van der Waals surface area contributed by atoms with E-state index in [1.165, 1.54) is 4.88 Å². The summed E-state index contributed by atoms with van der Waals surface area (Å²) < 4.78 is 0.922. The van der Waals surface area contributed by atoms with Crippen molar-refractivity contribution in [3.05, 3.63) is 33.2 Å². The summed E-state index contributed by atoms with van der Waals surface area (Å²) in [6, 6.07) is 4.25. The number of thiophene rings is 1. The smallest absolute Gasteiger partial charge is 0.148 e. The number of anilines is 2. The Morgan fingerprint density at radius 3 is 2.95 bits per heavy atom. The van der Waals surface area contributed by atoms with Crippen LogP contribution in [0.25, 0.3) is 0 Å².